The van der Waals surface area contributed by atoms with Crippen molar-refractivity contribution in [1.82, 2.24) is 5.32 Å². The lowest BCUT2D eigenvalue weighted by molar-refractivity contribution is 0.230. The largest absolute Gasteiger partial charge is 0.394 e. The second kappa shape index (κ2) is 3.70. The van der Waals surface area contributed by atoms with Crippen LogP contribution in [0.1, 0.15) is 23.3 Å². The van der Waals surface area contributed by atoms with E-state index in [9.17, 15) is 0 Å². The first-order valence-electron chi connectivity index (χ1n) is 4.61. The molecular weight excluding hydrogens is 196 g/mol. The Bertz CT molecular complexity index is 362. The van der Waals surface area contributed by atoms with E-state index in [1.165, 1.54) is 0 Å². The quantitative estimate of drug-likeness (QED) is 0.782. The molecule has 0 bridgehead atoms. The Labute approximate surface area is 87.0 Å². The molecule has 1 aliphatic rings. The molecule has 0 aromatic carbocycles. The van der Waals surface area contributed by atoms with E-state index in [-0.39, 0.29) is 12.1 Å². The lowest BCUT2D eigenvalue weighted by Crippen LogP contribution is -2.33. The lowest BCUT2D eigenvalue weighted by Gasteiger charge is -2.12. The number of hydrogen-bond acceptors (Lipinski definition) is 4. The van der Waals surface area contributed by atoms with Gasteiger partial charge in [0.2, 0.25) is 0 Å². The van der Waals surface area contributed by atoms with E-state index in [0.29, 0.717) is 0 Å². The zero-order valence-corrected chi connectivity index (χ0v) is 8.60. The van der Waals surface area contributed by atoms with Crippen LogP contribution in [0, 0.1) is 11.3 Å². The van der Waals surface area contributed by atoms with Gasteiger partial charge in [-0.25, -0.2) is 0 Å². The normalized spacial score (nSPS) is 17.7. The minimum atomic E-state index is -0.0171. The maximum atomic E-state index is 9.07. The summed E-state index contributed by atoms with van der Waals surface area (Å²) >= 11 is 1.59. The summed E-state index contributed by atoms with van der Waals surface area (Å²) in [4.78, 5) is 1.15. The molecule has 1 aliphatic carbocycles. The van der Waals surface area contributed by atoms with Gasteiger partial charge in [0.05, 0.1) is 12.2 Å². The van der Waals surface area contributed by atoms with E-state index in [0.717, 1.165) is 29.8 Å². The number of hydrogen-bond donors (Lipinski definition) is 2. The summed E-state index contributed by atoms with van der Waals surface area (Å²) in [5.74, 6) is 0. The molecule has 1 fully saturated rings. The number of nitriles is 1. The van der Waals surface area contributed by atoms with Crippen molar-refractivity contribution in [2.24, 2.45) is 0 Å². The molecule has 0 radical (unpaired) electrons. The second-order valence-electron chi connectivity index (χ2n) is 3.71. The number of thiophene rings is 1. The fraction of sp³-hybridized carbons (Fsp3) is 0.500. The molecule has 2 N–H and O–H groups in total. The number of aliphatic hydroxyl groups excluding tert-OH is 1. The van der Waals surface area contributed by atoms with Crippen molar-refractivity contribution in [1.29, 1.82) is 5.26 Å². The van der Waals surface area contributed by atoms with Gasteiger partial charge in [-0.1, -0.05) is 0 Å². The molecule has 0 amide bonds. The molecule has 0 aliphatic heterocycles. The molecule has 3 nitrogen and oxygen atoms in total. The van der Waals surface area contributed by atoms with Crippen molar-refractivity contribution in [3.63, 3.8) is 0 Å². The first-order chi connectivity index (χ1) is 6.78. The maximum Gasteiger partial charge on any atom is 0.100 e. The molecule has 2 rings (SSSR count). The van der Waals surface area contributed by atoms with Gasteiger partial charge in [-0.15, -0.1) is 11.3 Å². The molecule has 0 spiro atoms. The van der Waals surface area contributed by atoms with E-state index < -0.39 is 0 Å². The Balaban J connectivity index is 1.89. The highest BCUT2D eigenvalue weighted by Crippen LogP contribution is 2.35. The fourth-order valence-corrected chi connectivity index (χ4v) is 2.10. The van der Waals surface area contributed by atoms with Gasteiger partial charge < -0.3 is 10.4 Å². The SMILES string of the molecule is N#Cc1csc(CNC2(CO)CC2)c1. The van der Waals surface area contributed by atoms with Crippen LogP contribution in [0.2, 0.25) is 0 Å². The predicted octanol–water partition coefficient (Wildman–Crippen LogP) is 1.23. The van der Waals surface area contributed by atoms with Crippen molar-refractivity contribution in [2.45, 2.75) is 24.9 Å². The molecule has 0 saturated heterocycles. The Morgan fingerprint density at radius 3 is 2.93 bits per heavy atom. The van der Waals surface area contributed by atoms with Gasteiger partial charge in [0.1, 0.15) is 6.07 Å². The molecule has 14 heavy (non-hydrogen) atoms. The lowest BCUT2D eigenvalue weighted by atomic mass is 10.3. The molecule has 1 saturated carbocycles. The third-order valence-corrected chi connectivity index (χ3v) is 3.51. The predicted molar refractivity (Wildman–Crippen MR) is 54.9 cm³/mol. The number of nitrogens with one attached hydrogen (secondary N) is 1. The van der Waals surface area contributed by atoms with Crippen LogP contribution in [0.5, 0.6) is 0 Å². The monoisotopic (exact) mass is 208 g/mol. The van der Waals surface area contributed by atoms with Gasteiger partial charge in [0.25, 0.3) is 0 Å². The maximum absolute atomic E-state index is 9.07. The molecular formula is C10H12N2OS. The third kappa shape index (κ3) is 1.95. The van der Waals surface area contributed by atoms with Gasteiger partial charge in [-0.2, -0.15) is 5.26 Å². The summed E-state index contributed by atoms with van der Waals surface area (Å²) in [5.41, 5.74) is 0.706. The van der Waals surface area contributed by atoms with Gasteiger partial charge in [0.15, 0.2) is 0 Å². The van der Waals surface area contributed by atoms with Crippen molar-refractivity contribution < 1.29 is 5.11 Å². The zero-order chi connectivity index (χ0) is 10.0. The fourth-order valence-electron chi connectivity index (χ4n) is 1.35. The second-order valence-corrected chi connectivity index (χ2v) is 4.70. The molecule has 1 aromatic heterocycles. The van der Waals surface area contributed by atoms with Gasteiger partial charge in [0, 0.05) is 22.3 Å². The van der Waals surface area contributed by atoms with E-state index in [1.54, 1.807) is 11.3 Å². The first-order valence-corrected chi connectivity index (χ1v) is 5.49. The Morgan fingerprint density at radius 2 is 2.43 bits per heavy atom. The molecule has 0 atom stereocenters. The van der Waals surface area contributed by atoms with E-state index in [1.807, 2.05) is 11.4 Å². The molecule has 1 heterocycles. The highest BCUT2D eigenvalue weighted by atomic mass is 32.1. The highest BCUT2D eigenvalue weighted by Gasteiger charge is 2.41. The smallest absolute Gasteiger partial charge is 0.100 e. The van der Waals surface area contributed by atoms with Gasteiger partial charge >= 0.3 is 0 Å². The van der Waals surface area contributed by atoms with Gasteiger partial charge in [-0.05, 0) is 18.9 Å². The Morgan fingerprint density at radius 1 is 1.64 bits per heavy atom. The standard InChI is InChI=1S/C10H12N2OS/c11-4-8-3-9(14-6-8)5-12-10(7-13)1-2-10/h3,6,12-13H,1-2,5,7H2. The molecule has 0 unspecified atom stereocenters. The summed E-state index contributed by atoms with van der Waals surface area (Å²) in [6, 6.07) is 4.00. The van der Waals surface area contributed by atoms with Crippen LogP contribution >= 0.6 is 11.3 Å². The first kappa shape index (κ1) is 9.66. The van der Waals surface area contributed by atoms with Crippen molar-refractivity contribution >= 4 is 11.3 Å². The van der Waals surface area contributed by atoms with E-state index in [2.05, 4.69) is 11.4 Å². The molecule has 74 valence electrons. The van der Waals surface area contributed by atoms with Crippen LogP contribution in [0.25, 0.3) is 0 Å². The Kier molecular flexibility index (Phi) is 2.55. The molecule has 1 aromatic rings. The van der Waals surface area contributed by atoms with Crippen LogP contribution in [-0.4, -0.2) is 17.3 Å². The highest BCUT2D eigenvalue weighted by molar-refractivity contribution is 7.10. The van der Waals surface area contributed by atoms with Crippen LogP contribution in [0.3, 0.4) is 0 Å². The van der Waals surface area contributed by atoms with Crippen LogP contribution in [0.4, 0.5) is 0 Å². The number of rotatable bonds is 4. The van der Waals surface area contributed by atoms with E-state index >= 15 is 0 Å². The number of aliphatic hydroxyl groups is 1. The van der Waals surface area contributed by atoms with Crippen molar-refractivity contribution in [3.05, 3.63) is 21.9 Å². The summed E-state index contributed by atoms with van der Waals surface area (Å²) in [6.07, 6.45) is 2.11. The zero-order valence-electron chi connectivity index (χ0n) is 7.79. The topological polar surface area (TPSA) is 56.0 Å². The summed E-state index contributed by atoms with van der Waals surface area (Å²) in [5, 5.41) is 22.9. The minimum absolute atomic E-state index is 0.0171. The minimum Gasteiger partial charge on any atom is -0.394 e. The summed E-state index contributed by atoms with van der Waals surface area (Å²) in [7, 11) is 0. The van der Waals surface area contributed by atoms with Crippen molar-refractivity contribution in [3.8, 4) is 6.07 Å². The van der Waals surface area contributed by atoms with Crippen LogP contribution in [0.15, 0.2) is 11.4 Å². The van der Waals surface area contributed by atoms with Gasteiger partial charge in [-0.3, -0.25) is 0 Å². The summed E-state index contributed by atoms with van der Waals surface area (Å²) < 4.78 is 0. The molecule has 4 heteroatoms. The van der Waals surface area contributed by atoms with Crippen LogP contribution in [-0.2, 0) is 6.54 Å². The number of nitrogens with zero attached hydrogens (tertiary/aromatic N) is 1. The third-order valence-electron chi connectivity index (χ3n) is 2.58. The summed E-state index contributed by atoms with van der Waals surface area (Å²) in [6.45, 7) is 0.969. The van der Waals surface area contributed by atoms with Crippen LogP contribution < -0.4 is 5.32 Å². The average molecular weight is 208 g/mol. The van der Waals surface area contributed by atoms with Crippen molar-refractivity contribution in [2.75, 3.05) is 6.61 Å². The average Bonchev–Trinajstić information content (AvgIpc) is 2.86. The Hall–Kier alpha value is -0.890. The van der Waals surface area contributed by atoms with E-state index in [4.69, 9.17) is 10.4 Å².